The first-order chi connectivity index (χ1) is 14.2. The third-order valence-electron chi connectivity index (χ3n) is 6.35. The van der Waals surface area contributed by atoms with Gasteiger partial charge >= 0.3 is 0 Å². The Morgan fingerprint density at radius 1 is 1.17 bits per heavy atom. The second kappa shape index (κ2) is 7.76. The van der Waals surface area contributed by atoms with Gasteiger partial charge in [-0.3, -0.25) is 14.5 Å². The molecule has 0 radical (unpaired) electrons. The van der Waals surface area contributed by atoms with Crippen molar-refractivity contribution in [1.29, 1.82) is 0 Å². The number of unbranched alkanes of at least 4 members (excludes halogenated alkanes) is 2. The predicted molar refractivity (Wildman–Crippen MR) is 118 cm³/mol. The molecule has 2 aromatic rings. The standard InChI is InChI=1S/C22H25N3O2S2/c1-2-3-4-9-28-22-24-16-8-7-15(11-17(16)29-22)23-12-25-20(26)18-13-5-6-14(10-13)19(18)21(25)27/h5-8,11,13-14,18-19,23H,2-4,9-10,12H2,1H3/t13-,14+,18-,19-/m0/s1. The van der Waals surface area contributed by atoms with Crippen LogP contribution in [0.1, 0.15) is 32.6 Å². The number of thioether (sulfide) groups is 1. The van der Waals surface area contributed by atoms with Crippen molar-refractivity contribution in [3.05, 3.63) is 30.4 Å². The Kier molecular flexibility index (Phi) is 5.12. The number of allylic oxidation sites excluding steroid dienone is 2. The molecule has 5 nitrogen and oxygen atoms in total. The highest BCUT2D eigenvalue weighted by Gasteiger charge is 2.59. The summed E-state index contributed by atoms with van der Waals surface area (Å²) >= 11 is 3.53. The number of nitrogens with one attached hydrogen (secondary N) is 1. The van der Waals surface area contributed by atoms with Crippen molar-refractivity contribution in [1.82, 2.24) is 9.88 Å². The molecule has 1 aliphatic heterocycles. The number of amides is 2. The number of fused-ring (bicyclic) bond motifs is 6. The van der Waals surface area contributed by atoms with Gasteiger partial charge in [-0.1, -0.05) is 43.7 Å². The van der Waals surface area contributed by atoms with Crippen molar-refractivity contribution in [2.24, 2.45) is 23.7 Å². The van der Waals surface area contributed by atoms with E-state index in [2.05, 4.69) is 30.5 Å². The number of aromatic nitrogens is 1. The van der Waals surface area contributed by atoms with Crippen molar-refractivity contribution in [3.63, 3.8) is 0 Å². The first-order valence-corrected chi connectivity index (χ1v) is 12.3. The molecule has 1 aromatic heterocycles. The van der Waals surface area contributed by atoms with E-state index in [-0.39, 0.29) is 42.2 Å². The van der Waals surface area contributed by atoms with Crippen LogP contribution in [0.25, 0.3) is 10.2 Å². The van der Waals surface area contributed by atoms with Crippen LogP contribution in [0.2, 0.25) is 0 Å². The molecule has 5 rings (SSSR count). The lowest BCUT2D eigenvalue weighted by Crippen LogP contribution is -2.37. The van der Waals surface area contributed by atoms with E-state index in [1.807, 2.05) is 23.9 Å². The van der Waals surface area contributed by atoms with Gasteiger partial charge in [0.1, 0.15) is 0 Å². The Hall–Kier alpha value is -1.86. The summed E-state index contributed by atoms with van der Waals surface area (Å²) in [7, 11) is 0. The topological polar surface area (TPSA) is 62.3 Å². The van der Waals surface area contributed by atoms with Gasteiger partial charge in [-0.05, 0) is 42.9 Å². The zero-order chi connectivity index (χ0) is 20.0. The Bertz CT molecular complexity index is 956. The van der Waals surface area contributed by atoms with E-state index in [0.717, 1.165) is 32.4 Å². The van der Waals surface area contributed by atoms with Crippen molar-refractivity contribution in [2.75, 3.05) is 17.7 Å². The van der Waals surface area contributed by atoms with Gasteiger partial charge in [-0.25, -0.2) is 4.98 Å². The van der Waals surface area contributed by atoms with Crippen LogP contribution in [0.3, 0.4) is 0 Å². The lowest BCUT2D eigenvalue weighted by Gasteiger charge is -2.18. The van der Waals surface area contributed by atoms with Crippen molar-refractivity contribution >= 4 is 50.8 Å². The normalized spacial score (nSPS) is 27.4. The number of benzene rings is 1. The molecule has 1 saturated heterocycles. The maximum atomic E-state index is 12.8. The molecular weight excluding hydrogens is 402 g/mol. The number of hydrogen-bond acceptors (Lipinski definition) is 6. The molecule has 0 spiro atoms. The smallest absolute Gasteiger partial charge is 0.235 e. The fourth-order valence-electron chi connectivity index (χ4n) is 4.88. The molecule has 2 bridgehead atoms. The first kappa shape index (κ1) is 19.1. The molecule has 2 aliphatic carbocycles. The molecule has 2 fully saturated rings. The van der Waals surface area contributed by atoms with E-state index >= 15 is 0 Å². The summed E-state index contributed by atoms with van der Waals surface area (Å²) in [6.07, 6.45) is 8.94. The molecule has 2 amide bonds. The van der Waals surface area contributed by atoms with Crippen LogP contribution in [-0.2, 0) is 9.59 Å². The number of likely N-dealkylation sites (tertiary alicyclic amines) is 1. The minimum atomic E-state index is -0.129. The highest BCUT2D eigenvalue weighted by molar-refractivity contribution is 8.01. The first-order valence-electron chi connectivity index (χ1n) is 10.5. The van der Waals surface area contributed by atoms with Crippen LogP contribution in [0.15, 0.2) is 34.7 Å². The monoisotopic (exact) mass is 427 g/mol. The molecule has 0 unspecified atom stereocenters. The Morgan fingerprint density at radius 3 is 2.66 bits per heavy atom. The summed E-state index contributed by atoms with van der Waals surface area (Å²) in [5, 5.41) is 3.28. The number of carbonyl (C=O) groups excluding carboxylic acids is 2. The highest BCUT2D eigenvalue weighted by Crippen LogP contribution is 2.52. The van der Waals surface area contributed by atoms with Crippen molar-refractivity contribution < 1.29 is 9.59 Å². The SMILES string of the molecule is CCCCCSc1nc2ccc(NCN3C(=O)[C@@H]4[C@@H](C3=O)[C@H]3C=C[C@@H]4C3)cc2s1. The summed E-state index contributed by atoms with van der Waals surface area (Å²) in [6.45, 7) is 2.46. The third kappa shape index (κ3) is 3.38. The van der Waals surface area contributed by atoms with E-state index in [1.165, 1.54) is 24.2 Å². The molecule has 3 aliphatic rings. The largest absolute Gasteiger partial charge is 0.367 e. The number of imide groups is 1. The molecule has 1 N–H and O–H groups in total. The van der Waals surface area contributed by atoms with Crippen LogP contribution >= 0.6 is 23.1 Å². The molecule has 152 valence electrons. The van der Waals surface area contributed by atoms with E-state index in [9.17, 15) is 9.59 Å². The highest BCUT2D eigenvalue weighted by atomic mass is 32.2. The van der Waals surface area contributed by atoms with Gasteiger partial charge in [0.2, 0.25) is 11.8 Å². The maximum absolute atomic E-state index is 12.8. The van der Waals surface area contributed by atoms with Gasteiger partial charge < -0.3 is 5.32 Å². The number of rotatable bonds is 8. The molecule has 4 atom stereocenters. The van der Waals surface area contributed by atoms with Crippen LogP contribution in [-0.4, -0.2) is 34.1 Å². The van der Waals surface area contributed by atoms with Gasteiger partial charge in [0, 0.05) is 11.4 Å². The van der Waals surface area contributed by atoms with E-state index in [0.29, 0.717) is 0 Å². The van der Waals surface area contributed by atoms with Gasteiger partial charge in [-0.15, -0.1) is 11.3 Å². The lowest BCUT2D eigenvalue weighted by molar-refractivity contribution is -0.140. The summed E-state index contributed by atoms with van der Waals surface area (Å²) in [5.74, 6) is 1.35. The van der Waals surface area contributed by atoms with Crippen molar-refractivity contribution in [2.45, 2.75) is 36.9 Å². The second-order valence-electron chi connectivity index (χ2n) is 8.16. The summed E-state index contributed by atoms with van der Waals surface area (Å²) in [4.78, 5) is 31.7. The van der Waals surface area contributed by atoms with Crippen molar-refractivity contribution in [3.8, 4) is 0 Å². The Morgan fingerprint density at radius 2 is 1.93 bits per heavy atom. The minimum absolute atomic E-state index is 0.00557. The fraction of sp³-hybridized carbons (Fsp3) is 0.500. The van der Waals surface area contributed by atoms with Crippen LogP contribution < -0.4 is 5.32 Å². The summed E-state index contributed by atoms with van der Waals surface area (Å²) in [6, 6.07) is 6.06. The quantitative estimate of drug-likeness (QED) is 0.285. The molecule has 1 aromatic carbocycles. The number of hydrogen-bond donors (Lipinski definition) is 1. The van der Waals surface area contributed by atoms with Gasteiger partial charge in [0.05, 0.1) is 28.7 Å². The molecular formula is C22H25N3O2S2. The van der Waals surface area contributed by atoms with Gasteiger partial charge in [0.25, 0.3) is 0 Å². The number of anilines is 1. The fourth-order valence-corrected chi connectivity index (χ4v) is 7.05. The lowest BCUT2D eigenvalue weighted by atomic mass is 9.85. The zero-order valence-corrected chi connectivity index (χ0v) is 18.1. The van der Waals surface area contributed by atoms with Crippen LogP contribution in [0, 0.1) is 23.7 Å². The molecule has 2 heterocycles. The van der Waals surface area contributed by atoms with Gasteiger partial charge in [0.15, 0.2) is 4.34 Å². The van der Waals surface area contributed by atoms with E-state index in [4.69, 9.17) is 4.98 Å². The summed E-state index contributed by atoms with van der Waals surface area (Å²) < 4.78 is 2.24. The molecule has 1 saturated carbocycles. The summed E-state index contributed by atoms with van der Waals surface area (Å²) in [5.41, 5.74) is 1.92. The number of carbonyl (C=O) groups is 2. The predicted octanol–water partition coefficient (Wildman–Crippen LogP) is 4.76. The molecule has 7 heteroatoms. The van der Waals surface area contributed by atoms with Crippen LogP contribution in [0.4, 0.5) is 5.69 Å². The Balaban J connectivity index is 1.23. The third-order valence-corrected chi connectivity index (χ3v) is 8.59. The average molecular weight is 428 g/mol. The van der Waals surface area contributed by atoms with Gasteiger partial charge in [-0.2, -0.15) is 0 Å². The number of nitrogens with zero attached hydrogens (tertiary/aromatic N) is 2. The zero-order valence-electron chi connectivity index (χ0n) is 16.5. The average Bonchev–Trinajstić information content (AvgIpc) is 3.47. The van der Waals surface area contributed by atoms with E-state index in [1.54, 1.807) is 11.3 Å². The molecule has 29 heavy (non-hydrogen) atoms. The number of thiazole rings is 1. The minimum Gasteiger partial charge on any atom is -0.367 e. The second-order valence-corrected chi connectivity index (χ2v) is 10.5. The van der Waals surface area contributed by atoms with E-state index < -0.39 is 0 Å². The Labute approximate surface area is 178 Å². The maximum Gasteiger partial charge on any atom is 0.235 e. The van der Waals surface area contributed by atoms with Crippen LogP contribution in [0.5, 0.6) is 0 Å².